The second-order valence-corrected chi connectivity index (χ2v) is 7.45. The minimum absolute atomic E-state index is 0.0857. The Kier molecular flexibility index (Phi) is 6.08. The van der Waals surface area contributed by atoms with Crippen molar-refractivity contribution in [1.29, 1.82) is 0 Å². The molecule has 4 aromatic rings. The van der Waals surface area contributed by atoms with Crippen molar-refractivity contribution in [2.75, 3.05) is 11.9 Å². The first kappa shape index (κ1) is 20.4. The molecule has 4 heteroatoms. The number of ether oxygens (including phenoxy) is 1. The van der Waals surface area contributed by atoms with E-state index >= 15 is 0 Å². The molecule has 0 spiro atoms. The van der Waals surface area contributed by atoms with Crippen LogP contribution in [0.3, 0.4) is 0 Å². The fourth-order valence-electron chi connectivity index (χ4n) is 3.48. The van der Waals surface area contributed by atoms with E-state index < -0.39 is 0 Å². The molecule has 0 bridgehead atoms. The molecule has 0 radical (unpaired) electrons. The molecule has 0 saturated carbocycles. The first-order chi connectivity index (χ1) is 15.1. The zero-order chi connectivity index (χ0) is 21.6. The van der Waals surface area contributed by atoms with Gasteiger partial charge < -0.3 is 10.1 Å². The Balaban J connectivity index is 1.61. The number of benzene rings is 4. The molecule has 4 aromatic carbocycles. The van der Waals surface area contributed by atoms with Crippen LogP contribution < -0.4 is 10.1 Å². The van der Waals surface area contributed by atoms with Crippen molar-refractivity contribution in [2.24, 2.45) is 4.99 Å². The highest BCUT2D eigenvalue weighted by atomic mass is 16.5. The van der Waals surface area contributed by atoms with E-state index in [0.717, 1.165) is 33.3 Å². The van der Waals surface area contributed by atoms with Gasteiger partial charge >= 0.3 is 0 Å². The van der Waals surface area contributed by atoms with Crippen LogP contribution in [0, 0.1) is 13.8 Å². The third kappa shape index (κ3) is 4.98. The van der Waals surface area contributed by atoms with Crippen molar-refractivity contribution in [2.45, 2.75) is 13.8 Å². The van der Waals surface area contributed by atoms with E-state index in [1.807, 2.05) is 85.9 Å². The number of anilines is 1. The smallest absolute Gasteiger partial charge is 0.262 e. The molecular formula is C27H24N2O2. The van der Waals surface area contributed by atoms with E-state index in [1.54, 1.807) is 0 Å². The molecule has 154 valence electrons. The van der Waals surface area contributed by atoms with E-state index in [0.29, 0.717) is 5.75 Å². The number of rotatable bonds is 6. The maximum atomic E-state index is 12.3. The maximum absolute atomic E-state index is 12.3. The third-order valence-electron chi connectivity index (χ3n) is 5.03. The van der Waals surface area contributed by atoms with Gasteiger partial charge in [0.15, 0.2) is 6.61 Å². The molecule has 4 nitrogen and oxygen atoms in total. The Morgan fingerprint density at radius 2 is 1.71 bits per heavy atom. The van der Waals surface area contributed by atoms with Crippen LogP contribution in [0.1, 0.15) is 16.7 Å². The fraction of sp³-hybridized carbons (Fsp3) is 0.111. The lowest BCUT2D eigenvalue weighted by Gasteiger charge is -2.12. The molecule has 0 fully saturated rings. The highest BCUT2D eigenvalue weighted by Gasteiger charge is 2.10. The van der Waals surface area contributed by atoms with Gasteiger partial charge in [-0.15, -0.1) is 0 Å². The molecule has 0 aliphatic heterocycles. The van der Waals surface area contributed by atoms with Crippen molar-refractivity contribution in [3.63, 3.8) is 0 Å². The van der Waals surface area contributed by atoms with Gasteiger partial charge in [-0.25, -0.2) is 0 Å². The average Bonchev–Trinajstić information content (AvgIpc) is 2.78. The van der Waals surface area contributed by atoms with Gasteiger partial charge in [-0.2, -0.15) is 0 Å². The van der Waals surface area contributed by atoms with E-state index in [-0.39, 0.29) is 12.5 Å². The summed E-state index contributed by atoms with van der Waals surface area (Å²) in [5.74, 6) is 0.409. The van der Waals surface area contributed by atoms with Gasteiger partial charge in [0.25, 0.3) is 5.91 Å². The number of nitrogens with zero attached hydrogens (tertiary/aromatic N) is 1. The van der Waals surface area contributed by atoms with Gasteiger partial charge in [0.2, 0.25) is 0 Å². The first-order valence-electron chi connectivity index (χ1n) is 10.2. The van der Waals surface area contributed by atoms with Gasteiger partial charge in [-0.05, 0) is 54.4 Å². The lowest BCUT2D eigenvalue weighted by atomic mass is 10.0. The largest absolute Gasteiger partial charge is 0.483 e. The lowest BCUT2D eigenvalue weighted by Crippen LogP contribution is -2.20. The van der Waals surface area contributed by atoms with Crippen molar-refractivity contribution in [3.05, 3.63) is 102 Å². The van der Waals surface area contributed by atoms with Crippen molar-refractivity contribution < 1.29 is 9.53 Å². The third-order valence-corrected chi connectivity index (χ3v) is 5.03. The number of carbonyl (C=O) groups is 1. The summed E-state index contributed by atoms with van der Waals surface area (Å²) in [6, 6.07) is 27.5. The summed E-state index contributed by atoms with van der Waals surface area (Å²) in [7, 11) is 0. The molecule has 0 heterocycles. The van der Waals surface area contributed by atoms with Gasteiger partial charge in [-0.3, -0.25) is 9.79 Å². The predicted octanol–water partition coefficient (Wildman–Crippen LogP) is 6.22. The SMILES string of the molecule is Cc1ccc(N=Cc2c(OCC(=O)Nc3ccccc3)ccc3ccccc23)c(C)c1. The quantitative estimate of drug-likeness (QED) is 0.385. The van der Waals surface area contributed by atoms with Gasteiger partial charge in [0, 0.05) is 17.5 Å². The van der Waals surface area contributed by atoms with Gasteiger partial charge in [-0.1, -0.05) is 66.2 Å². The van der Waals surface area contributed by atoms with Crippen molar-refractivity contribution >= 4 is 34.3 Å². The summed E-state index contributed by atoms with van der Waals surface area (Å²) in [4.78, 5) is 17.1. The Labute approximate surface area is 182 Å². The molecule has 0 aromatic heterocycles. The van der Waals surface area contributed by atoms with Gasteiger partial charge in [0.05, 0.1) is 5.69 Å². The van der Waals surface area contributed by atoms with Crippen molar-refractivity contribution in [1.82, 2.24) is 0 Å². The number of aryl methyl sites for hydroxylation is 2. The van der Waals surface area contributed by atoms with Crippen LogP contribution >= 0.6 is 0 Å². The number of hydrogen-bond donors (Lipinski definition) is 1. The lowest BCUT2D eigenvalue weighted by molar-refractivity contribution is -0.118. The van der Waals surface area contributed by atoms with Crippen LogP contribution in [-0.2, 0) is 4.79 Å². The number of carbonyl (C=O) groups excluding carboxylic acids is 1. The Bertz CT molecular complexity index is 1250. The number of hydrogen-bond acceptors (Lipinski definition) is 3. The van der Waals surface area contributed by atoms with E-state index in [4.69, 9.17) is 9.73 Å². The highest BCUT2D eigenvalue weighted by Crippen LogP contribution is 2.28. The second-order valence-electron chi connectivity index (χ2n) is 7.45. The Morgan fingerprint density at radius 3 is 2.52 bits per heavy atom. The predicted molar refractivity (Wildman–Crippen MR) is 128 cm³/mol. The summed E-state index contributed by atoms with van der Waals surface area (Å²) in [6.07, 6.45) is 1.82. The van der Waals surface area contributed by atoms with Crippen LogP contribution in [0.2, 0.25) is 0 Å². The van der Waals surface area contributed by atoms with Crippen molar-refractivity contribution in [3.8, 4) is 5.75 Å². The molecule has 1 amide bonds. The molecule has 1 N–H and O–H groups in total. The molecule has 0 aliphatic carbocycles. The summed E-state index contributed by atoms with van der Waals surface area (Å²) < 4.78 is 5.91. The highest BCUT2D eigenvalue weighted by molar-refractivity contribution is 6.03. The molecule has 0 saturated heterocycles. The molecule has 0 aliphatic rings. The summed E-state index contributed by atoms with van der Waals surface area (Å²) in [5.41, 5.74) is 4.82. The monoisotopic (exact) mass is 408 g/mol. The Hall–Kier alpha value is -3.92. The first-order valence-corrected chi connectivity index (χ1v) is 10.2. The van der Waals surface area contributed by atoms with E-state index in [1.165, 1.54) is 5.56 Å². The van der Waals surface area contributed by atoms with Crippen LogP contribution in [0.15, 0.2) is 89.9 Å². The van der Waals surface area contributed by atoms with E-state index in [2.05, 4.69) is 24.4 Å². The normalized spacial score (nSPS) is 11.0. The standard InChI is InChI=1S/C27H24N2O2/c1-19-12-14-25(20(2)16-19)28-17-24-23-11-7-6-8-21(23)13-15-26(24)31-18-27(30)29-22-9-4-3-5-10-22/h3-17H,18H2,1-2H3,(H,29,30). The molecule has 0 unspecified atom stereocenters. The van der Waals surface area contributed by atoms with Gasteiger partial charge in [0.1, 0.15) is 5.75 Å². The zero-order valence-corrected chi connectivity index (χ0v) is 17.6. The fourth-order valence-corrected chi connectivity index (χ4v) is 3.48. The average molecular weight is 409 g/mol. The maximum Gasteiger partial charge on any atom is 0.262 e. The van der Waals surface area contributed by atoms with Crippen LogP contribution in [0.5, 0.6) is 5.75 Å². The van der Waals surface area contributed by atoms with Crippen LogP contribution in [-0.4, -0.2) is 18.7 Å². The second kappa shape index (κ2) is 9.26. The minimum atomic E-state index is -0.211. The number of para-hydroxylation sites is 1. The molecule has 31 heavy (non-hydrogen) atoms. The topological polar surface area (TPSA) is 50.7 Å². The van der Waals surface area contributed by atoms with E-state index in [9.17, 15) is 4.79 Å². The minimum Gasteiger partial charge on any atom is -0.483 e. The summed E-state index contributed by atoms with van der Waals surface area (Å²) >= 11 is 0. The zero-order valence-electron chi connectivity index (χ0n) is 17.6. The number of amides is 1. The van der Waals surface area contributed by atoms with Crippen LogP contribution in [0.25, 0.3) is 10.8 Å². The number of aliphatic imine (C=N–C) groups is 1. The summed E-state index contributed by atoms with van der Waals surface area (Å²) in [5, 5.41) is 4.96. The molecular weight excluding hydrogens is 384 g/mol. The molecule has 4 rings (SSSR count). The Morgan fingerprint density at radius 1 is 0.935 bits per heavy atom. The molecule has 0 atom stereocenters. The summed E-state index contributed by atoms with van der Waals surface area (Å²) in [6.45, 7) is 4.03. The van der Waals surface area contributed by atoms with Crippen LogP contribution in [0.4, 0.5) is 11.4 Å². The number of fused-ring (bicyclic) bond motifs is 1. The number of nitrogens with one attached hydrogen (secondary N) is 1.